The van der Waals surface area contributed by atoms with Crippen LogP contribution < -0.4 is 15.4 Å². The second kappa shape index (κ2) is 9.09. The predicted octanol–water partition coefficient (Wildman–Crippen LogP) is 2.69. The van der Waals surface area contributed by atoms with Gasteiger partial charge in [0.05, 0.1) is 7.11 Å². The van der Waals surface area contributed by atoms with E-state index in [1.165, 1.54) is 5.56 Å². The van der Waals surface area contributed by atoms with E-state index in [1.54, 1.807) is 7.11 Å². The van der Waals surface area contributed by atoms with E-state index >= 15 is 0 Å². The minimum Gasteiger partial charge on any atom is -0.496 e. The third-order valence-electron chi connectivity index (χ3n) is 5.16. The molecule has 1 aromatic rings. The van der Waals surface area contributed by atoms with Crippen LogP contribution in [0.1, 0.15) is 39.2 Å². The van der Waals surface area contributed by atoms with Crippen molar-refractivity contribution in [3.63, 3.8) is 0 Å². The van der Waals surface area contributed by atoms with Crippen LogP contribution in [0, 0.1) is 5.92 Å². The summed E-state index contributed by atoms with van der Waals surface area (Å²) >= 11 is 0. The Morgan fingerprint density at radius 3 is 2.60 bits per heavy atom. The highest BCUT2D eigenvalue weighted by Crippen LogP contribution is 2.25. The largest absolute Gasteiger partial charge is 0.496 e. The third kappa shape index (κ3) is 5.11. The molecule has 2 rings (SSSR count). The van der Waals surface area contributed by atoms with E-state index < -0.39 is 0 Å². The first-order valence-corrected chi connectivity index (χ1v) is 9.30. The Morgan fingerprint density at radius 2 is 2.00 bits per heavy atom. The average Bonchev–Trinajstić information content (AvgIpc) is 2.99. The second-order valence-electron chi connectivity index (χ2n) is 7.37. The van der Waals surface area contributed by atoms with Gasteiger partial charge in [-0.1, -0.05) is 32.0 Å². The normalized spacial score (nSPS) is 22.9. The summed E-state index contributed by atoms with van der Waals surface area (Å²) in [4.78, 5) is 6.93. The zero-order valence-electron chi connectivity index (χ0n) is 16.5. The molecule has 3 atom stereocenters. The van der Waals surface area contributed by atoms with Crippen molar-refractivity contribution >= 4 is 5.96 Å². The fourth-order valence-electron chi connectivity index (χ4n) is 3.42. The number of hydrogen-bond acceptors (Lipinski definition) is 3. The van der Waals surface area contributed by atoms with Crippen molar-refractivity contribution in [3.05, 3.63) is 29.8 Å². The lowest BCUT2D eigenvalue weighted by atomic mass is 10.00. The van der Waals surface area contributed by atoms with Gasteiger partial charge in [-0.2, -0.15) is 0 Å². The van der Waals surface area contributed by atoms with Gasteiger partial charge in [0.1, 0.15) is 5.75 Å². The topological polar surface area (TPSA) is 48.9 Å². The lowest BCUT2D eigenvalue weighted by Crippen LogP contribution is -2.47. The summed E-state index contributed by atoms with van der Waals surface area (Å²) in [5, 5.41) is 7.08. The molecule has 1 aliphatic heterocycles. The zero-order chi connectivity index (χ0) is 18.4. The quantitative estimate of drug-likeness (QED) is 0.614. The summed E-state index contributed by atoms with van der Waals surface area (Å²) in [7, 11) is 3.56. The van der Waals surface area contributed by atoms with E-state index in [9.17, 15) is 0 Å². The highest BCUT2D eigenvalue weighted by atomic mass is 16.5. The summed E-state index contributed by atoms with van der Waals surface area (Å²) in [6.45, 7) is 12.1. The van der Waals surface area contributed by atoms with Crippen molar-refractivity contribution in [2.24, 2.45) is 10.9 Å². The zero-order valence-corrected chi connectivity index (χ0v) is 16.5. The summed E-state index contributed by atoms with van der Waals surface area (Å²) in [6, 6.07) is 9.23. The molecule has 0 radical (unpaired) electrons. The Morgan fingerprint density at radius 1 is 1.28 bits per heavy atom. The van der Waals surface area contributed by atoms with Gasteiger partial charge in [0, 0.05) is 44.7 Å². The second-order valence-corrected chi connectivity index (χ2v) is 7.37. The van der Waals surface area contributed by atoms with Gasteiger partial charge < -0.3 is 15.4 Å². The Balaban J connectivity index is 1.90. The molecule has 1 aliphatic rings. The number of nitrogens with zero attached hydrogens (tertiary/aromatic N) is 2. The number of aliphatic imine (C=N–C) groups is 1. The average molecular weight is 347 g/mol. The molecule has 1 saturated heterocycles. The number of rotatable bonds is 6. The lowest BCUT2D eigenvalue weighted by molar-refractivity contribution is 0.265. The number of para-hydroxylation sites is 1. The molecule has 25 heavy (non-hydrogen) atoms. The summed E-state index contributed by atoms with van der Waals surface area (Å²) < 4.78 is 5.48. The Hall–Kier alpha value is -1.75. The van der Waals surface area contributed by atoms with Crippen LogP contribution in [0.25, 0.3) is 0 Å². The van der Waals surface area contributed by atoms with Crippen molar-refractivity contribution in [2.45, 2.75) is 45.7 Å². The molecular formula is C20H34N4O. The van der Waals surface area contributed by atoms with Gasteiger partial charge in [0.25, 0.3) is 0 Å². The van der Waals surface area contributed by atoms with E-state index in [0.717, 1.165) is 31.3 Å². The first kappa shape index (κ1) is 19.6. The van der Waals surface area contributed by atoms with Crippen LogP contribution in [0.4, 0.5) is 0 Å². The number of hydrogen-bond donors (Lipinski definition) is 2. The van der Waals surface area contributed by atoms with E-state index in [2.05, 4.69) is 60.4 Å². The van der Waals surface area contributed by atoms with Crippen LogP contribution in [0.5, 0.6) is 5.75 Å². The van der Waals surface area contributed by atoms with Gasteiger partial charge in [-0.25, -0.2) is 0 Å². The first-order valence-electron chi connectivity index (χ1n) is 9.30. The van der Waals surface area contributed by atoms with Crippen LogP contribution in [0.3, 0.4) is 0 Å². The molecule has 0 bridgehead atoms. The smallest absolute Gasteiger partial charge is 0.191 e. The molecule has 5 nitrogen and oxygen atoms in total. The van der Waals surface area contributed by atoms with Gasteiger partial charge >= 0.3 is 0 Å². The summed E-state index contributed by atoms with van der Waals surface area (Å²) in [6.07, 6.45) is 0. The number of likely N-dealkylation sites (tertiary alicyclic amines) is 1. The van der Waals surface area contributed by atoms with Crippen molar-refractivity contribution < 1.29 is 4.74 Å². The Labute approximate surface area is 152 Å². The van der Waals surface area contributed by atoms with Crippen LogP contribution >= 0.6 is 0 Å². The van der Waals surface area contributed by atoms with Crippen LogP contribution in [-0.4, -0.2) is 56.7 Å². The molecular weight excluding hydrogens is 312 g/mol. The minimum atomic E-state index is 0.336. The van der Waals surface area contributed by atoms with Crippen LogP contribution in [-0.2, 0) is 0 Å². The van der Waals surface area contributed by atoms with Gasteiger partial charge in [-0.15, -0.1) is 0 Å². The number of methoxy groups -OCH3 is 1. The van der Waals surface area contributed by atoms with Gasteiger partial charge in [0.2, 0.25) is 0 Å². The molecule has 5 heteroatoms. The maximum atomic E-state index is 5.48. The molecule has 0 saturated carbocycles. The number of ether oxygens (including phenoxy) is 1. The summed E-state index contributed by atoms with van der Waals surface area (Å²) in [5.41, 5.74) is 1.22. The monoisotopic (exact) mass is 346 g/mol. The molecule has 140 valence electrons. The molecule has 0 aromatic heterocycles. The molecule has 0 aliphatic carbocycles. The van der Waals surface area contributed by atoms with Crippen LogP contribution in [0.15, 0.2) is 29.3 Å². The molecule has 0 spiro atoms. The van der Waals surface area contributed by atoms with Gasteiger partial charge in [0.15, 0.2) is 5.96 Å². The molecule has 3 unspecified atom stereocenters. The van der Waals surface area contributed by atoms with E-state index in [0.29, 0.717) is 23.9 Å². The maximum absolute atomic E-state index is 5.48. The van der Waals surface area contributed by atoms with Gasteiger partial charge in [-0.05, 0) is 31.4 Å². The fourth-order valence-corrected chi connectivity index (χ4v) is 3.42. The van der Waals surface area contributed by atoms with Crippen molar-refractivity contribution in [3.8, 4) is 5.75 Å². The first-order chi connectivity index (χ1) is 12.0. The lowest BCUT2D eigenvalue weighted by Gasteiger charge is -2.23. The highest BCUT2D eigenvalue weighted by Gasteiger charge is 2.31. The predicted molar refractivity (Wildman–Crippen MR) is 106 cm³/mol. The molecule has 0 amide bonds. The standard InChI is InChI=1S/C20H34N4O/c1-14(2)24-12-16(4)18(13-24)23-20(21-5)22-11-15(3)17-9-7-8-10-19(17)25-6/h7-10,14-16,18H,11-13H2,1-6H3,(H2,21,22,23). The third-order valence-corrected chi connectivity index (χ3v) is 5.16. The molecule has 1 heterocycles. The van der Waals surface area contributed by atoms with Crippen molar-refractivity contribution in [1.82, 2.24) is 15.5 Å². The number of guanidine groups is 1. The van der Waals surface area contributed by atoms with Crippen molar-refractivity contribution in [2.75, 3.05) is 33.8 Å². The minimum absolute atomic E-state index is 0.336. The van der Waals surface area contributed by atoms with E-state index in [-0.39, 0.29) is 0 Å². The fraction of sp³-hybridized carbons (Fsp3) is 0.650. The molecule has 1 aromatic carbocycles. The molecule has 2 N–H and O–H groups in total. The Kier molecular flexibility index (Phi) is 7.12. The SMILES string of the molecule is CN=C(NCC(C)c1ccccc1OC)NC1CN(C(C)C)CC1C. The number of nitrogens with one attached hydrogen (secondary N) is 2. The maximum Gasteiger partial charge on any atom is 0.191 e. The highest BCUT2D eigenvalue weighted by molar-refractivity contribution is 5.80. The van der Waals surface area contributed by atoms with E-state index in [4.69, 9.17) is 4.74 Å². The number of benzene rings is 1. The summed E-state index contributed by atoms with van der Waals surface area (Å²) in [5.74, 6) is 2.77. The van der Waals surface area contributed by atoms with Gasteiger partial charge in [-0.3, -0.25) is 9.89 Å². The van der Waals surface area contributed by atoms with Crippen molar-refractivity contribution in [1.29, 1.82) is 0 Å². The Bertz CT molecular complexity index is 573. The van der Waals surface area contributed by atoms with E-state index in [1.807, 2.05) is 19.2 Å². The van der Waals surface area contributed by atoms with Crippen LogP contribution in [0.2, 0.25) is 0 Å². The molecule has 1 fully saturated rings.